The molecular weight excluding hydrogens is 94.1 g/mol. The highest BCUT2D eigenvalue weighted by Crippen LogP contribution is 1.79. The first-order valence-electron chi connectivity index (χ1n) is 1.80. The molecule has 3 N–H and O–H groups in total. The molecule has 0 atom stereocenters. The minimum absolute atomic E-state index is 0.422. The Balaban J connectivity index is 2.58. The van der Waals surface area contributed by atoms with Crippen molar-refractivity contribution >= 4 is 5.84 Å². The van der Waals surface area contributed by atoms with E-state index in [9.17, 15) is 0 Å². The first-order chi connectivity index (χ1) is 3.39. The number of hydrogen-bond donors (Lipinski definition) is 2. The average molecular weight is 99.1 g/mol. The number of amidine groups is 1. The third-order valence-electron chi connectivity index (χ3n) is 0.534. The summed E-state index contributed by atoms with van der Waals surface area (Å²) in [5.74, 6) is 0.422. The highest BCUT2D eigenvalue weighted by atomic mass is 16.7. The van der Waals surface area contributed by atoms with E-state index in [0.29, 0.717) is 5.84 Å². The molecule has 0 spiro atoms. The van der Waals surface area contributed by atoms with Gasteiger partial charge in [-0.2, -0.15) is 0 Å². The molecule has 0 aromatic heterocycles. The largest absolute Gasteiger partial charge is 0.382 e. The molecule has 4 heteroatoms. The number of hydrazone groups is 1. The van der Waals surface area contributed by atoms with E-state index in [1.165, 1.54) is 6.26 Å². The highest BCUT2D eigenvalue weighted by Gasteiger charge is 1.86. The minimum Gasteiger partial charge on any atom is -0.382 e. The standard InChI is InChI=1S/C3H5N3O/c4-3-1-2-7-6-5-3/h1-2,6H,(H2,4,5). The molecule has 1 aliphatic rings. The molecule has 7 heavy (non-hydrogen) atoms. The van der Waals surface area contributed by atoms with Crippen molar-refractivity contribution < 1.29 is 4.84 Å². The maximum atomic E-state index is 5.16. The van der Waals surface area contributed by atoms with Gasteiger partial charge in [-0.3, -0.25) is 0 Å². The Hall–Kier alpha value is -1.19. The molecule has 0 unspecified atom stereocenters. The zero-order valence-electron chi connectivity index (χ0n) is 3.59. The fourth-order valence-electron chi connectivity index (χ4n) is 0.250. The Morgan fingerprint density at radius 1 is 1.86 bits per heavy atom. The van der Waals surface area contributed by atoms with Crippen LogP contribution in [0.4, 0.5) is 0 Å². The fourth-order valence-corrected chi connectivity index (χ4v) is 0.250. The second-order valence-corrected chi connectivity index (χ2v) is 1.05. The van der Waals surface area contributed by atoms with E-state index < -0.39 is 0 Å². The van der Waals surface area contributed by atoms with Gasteiger partial charge in [-0.25, -0.2) is 0 Å². The van der Waals surface area contributed by atoms with Crippen LogP contribution < -0.4 is 11.3 Å². The van der Waals surface area contributed by atoms with Gasteiger partial charge in [0.15, 0.2) is 0 Å². The molecule has 0 aromatic carbocycles. The summed E-state index contributed by atoms with van der Waals surface area (Å²) < 4.78 is 0. The SMILES string of the molecule is NC1=NNOC=C1. The van der Waals surface area contributed by atoms with Crippen molar-refractivity contribution in [1.82, 2.24) is 5.59 Å². The summed E-state index contributed by atoms with van der Waals surface area (Å²) in [5.41, 5.74) is 7.37. The van der Waals surface area contributed by atoms with Crippen LogP contribution >= 0.6 is 0 Å². The van der Waals surface area contributed by atoms with Gasteiger partial charge in [-0.1, -0.05) is 0 Å². The van der Waals surface area contributed by atoms with Crippen LogP contribution in [0.2, 0.25) is 0 Å². The molecule has 0 saturated heterocycles. The van der Waals surface area contributed by atoms with Crippen molar-refractivity contribution in [1.29, 1.82) is 0 Å². The Labute approximate surface area is 40.6 Å². The monoisotopic (exact) mass is 99.0 g/mol. The minimum atomic E-state index is 0.422. The first-order valence-corrected chi connectivity index (χ1v) is 1.80. The van der Waals surface area contributed by atoms with Crippen LogP contribution in [-0.2, 0) is 4.84 Å². The van der Waals surface area contributed by atoms with Crippen molar-refractivity contribution in [2.45, 2.75) is 0 Å². The third-order valence-corrected chi connectivity index (χ3v) is 0.534. The predicted molar refractivity (Wildman–Crippen MR) is 25.0 cm³/mol. The molecule has 4 nitrogen and oxygen atoms in total. The van der Waals surface area contributed by atoms with Gasteiger partial charge in [0.05, 0.1) is 0 Å². The zero-order chi connectivity index (χ0) is 5.11. The molecule has 1 rings (SSSR count). The quantitative estimate of drug-likeness (QED) is 0.422. The van der Waals surface area contributed by atoms with Crippen molar-refractivity contribution in [3.8, 4) is 0 Å². The van der Waals surface area contributed by atoms with Crippen LogP contribution in [0.25, 0.3) is 0 Å². The Morgan fingerprint density at radius 3 is 3.00 bits per heavy atom. The summed E-state index contributed by atoms with van der Waals surface area (Å²) in [4.78, 5) is 4.44. The zero-order valence-corrected chi connectivity index (χ0v) is 3.59. The van der Waals surface area contributed by atoms with Crippen LogP contribution in [0.15, 0.2) is 17.4 Å². The Kier molecular flexibility index (Phi) is 0.856. The van der Waals surface area contributed by atoms with Crippen molar-refractivity contribution in [3.63, 3.8) is 0 Å². The van der Waals surface area contributed by atoms with Crippen LogP contribution in [0.5, 0.6) is 0 Å². The summed E-state index contributed by atoms with van der Waals surface area (Å²) in [6.07, 6.45) is 2.97. The maximum Gasteiger partial charge on any atom is 0.149 e. The summed E-state index contributed by atoms with van der Waals surface area (Å²) in [6.45, 7) is 0. The van der Waals surface area contributed by atoms with Gasteiger partial charge in [0.2, 0.25) is 0 Å². The first kappa shape index (κ1) is 3.98. The van der Waals surface area contributed by atoms with E-state index in [2.05, 4.69) is 15.5 Å². The molecule has 0 aromatic rings. The number of nitrogens with zero attached hydrogens (tertiary/aromatic N) is 1. The van der Waals surface area contributed by atoms with Crippen LogP contribution in [-0.4, -0.2) is 5.84 Å². The second kappa shape index (κ2) is 1.51. The van der Waals surface area contributed by atoms with Gasteiger partial charge in [-0.05, 0) is 0 Å². The van der Waals surface area contributed by atoms with E-state index in [0.717, 1.165) is 0 Å². The topological polar surface area (TPSA) is 59.6 Å². The van der Waals surface area contributed by atoms with E-state index in [1.54, 1.807) is 6.08 Å². The lowest BCUT2D eigenvalue weighted by Crippen LogP contribution is -2.18. The Morgan fingerprint density at radius 2 is 2.71 bits per heavy atom. The molecule has 1 aliphatic heterocycles. The molecule has 0 fully saturated rings. The lowest BCUT2D eigenvalue weighted by Gasteiger charge is -2.01. The van der Waals surface area contributed by atoms with E-state index in [-0.39, 0.29) is 0 Å². The fraction of sp³-hybridized carbons (Fsp3) is 0. The van der Waals surface area contributed by atoms with Crippen LogP contribution in [0.3, 0.4) is 0 Å². The summed E-state index contributed by atoms with van der Waals surface area (Å²) >= 11 is 0. The van der Waals surface area contributed by atoms with E-state index in [4.69, 9.17) is 5.73 Å². The predicted octanol–water partition coefficient (Wildman–Crippen LogP) is -0.693. The van der Waals surface area contributed by atoms with Gasteiger partial charge >= 0.3 is 0 Å². The number of nitrogens with one attached hydrogen (secondary N) is 1. The molecule has 0 radical (unpaired) electrons. The molecule has 0 aliphatic carbocycles. The lowest BCUT2D eigenvalue weighted by molar-refractivity contribution is 0.135. The molecule has 1 heterocycles. The highest BCUT2D eigenvalue weighted by molar-refractivity contribution is 5.91. The number of hydrogen-bond acceptors (Lipinski definition) is 4. The van der Waals surface area contributed by atoms with E-state index >= 15 is 0 Å². The molecular formula is C3H5N3O. The molecule has 0 saturated carbocycles. The van der Waals surface area contributed by atoms with Gasteiger partial charge in [-0.15, -0.1) is 10.7 Å². The Bertz CT molecular complexity index is 117. The van der Waals surface area contributed by atoms with Gasteiger partial charge in [0.25, 0.3) is 0 Å². The molecule has 0 amide bonds. The third kappa shape index (κ3) is 0.819. The van der Waals surface area contributed by atoms with Crippen LogP contribution in [0.1, 0.15) is 0 Å². The number of rotatable bonds is 0. The van der Waals surface area contributed by atoms with Crippen LogP contribution in [0, 0.1) is 0 Å². The number of nitrogens with two attached hydrogens (primary N) is 1. The van der Waals surface area contributed by atoms with Gasteiger partial charge < -0.3 is 10.6 Å². The summed E-state index contributed by atoms with van der Waals surface area (Å²) in [6, 6.07) is 0. The summed E-state index contributed by atoms with van der Waals surface area (Å²) in [5, 5.41) is 3.47. The average Bonchev–Trinajstić information content (AvgIpc) is 1.69. The maximum absolute atomic E-state index is 5.16. The normalized spacial score (nSPS) is 16.9. The lowest BCUT2D eigenvalue weighted by atomic mass is 10.6. The molecule has 0 bridgehead atoms. The van der Waals surface area contributed by atoms with Crippen molar-refractivity contribution in [3.05, 3.63) is 12.3 Å². The van der Waals surface area contributed by atoms with Crippen molar-refractivity contribution in [2.75, 3.05) is 0 Å². The van der Waals surface area contributed by atoms with E-state index in [1.807, 2.05) is 0 Å². The van der Waals surface area contributed by atoms with Gasteiger partial charge in [0.1, 0.15) is 12.1 Å². The van der Waals surface area contributed by atoms with Gasteiger partial charge in [0, 0.05) is 6.08 Å². The smallest absolute Gasteiger partial charge is 0.149 e. The molecule has 38 valence electrons. The second-order valence-electron chi connectivity index (χ2n) is 1.05. The van der Waals surface area contributed by atoms with Crippen molar-refractivity contribution in [2.24, 2.45) is 10.8 Å². The summed E-state index contributed by atoms with van der Waals surface area (Å²) in [7, 11) is 0.